The van der Waals surface area contributed by atoms with Crippen LogP contribution in [-0.2, 0) is 5.88 Å². The second-order valence-corrected chi connectivity index (χ2v) is 3.72. The van der Waals surface area contributed by atoms with Gasteiger partial charge in [0.1, 0.15) is 0 Å². The molecule has 0 radical (unpaired) electrons. The van der Waals surface area contributed by atoms with Crippen LogP contribution in [-0.4, -0.2) is 9.97 Å². The van der Waals surface area contributed by atoms with E-state index in [1.165, 1.54) is 0 Å². The molecule has 2 rings (SSSR count). The molecule has 15 heavy (non-hydrogen) atoms. The summed E-state index contributed by atoms with van der Waals surface area (Å²) in [6.45, 7) is 0. The maximum absolute atomic E-state index is 6.09. The predicted octanol–water partition coefficient (Wildman–Crippen LogP) is 3.54. The van der Waals surface area contributed by atoms with Crippen LogP contribution in [0.4, 0.5) is 0 Å². The van der Waals surface area contributed by atoms with Gasteiger partial charge in [0, 0.05) is 30.0 Å². The number of aromatic nitrogens is 2. The van der Waals surface area contributed by atoms with Gasteiger partial charge in [-0.25, -0.2) is 0 Å². The van der Waals surface area contributed by atoms with Crippen molar-refractivity contribution in [2.24, 2.45) is 0 Å². The molecule has 0 fully saturated rings. The van der Waals surface area contributed by atoms with Gasteiger partial charge >= 0.3 is 0 Å². The first kappa shape index (κ1) is 10.4. The highest BCUT2D eigenvalue weighted by Gasteiger charge is 2.05. The van der Waals surface area contributed by atoms with Gasteiger partial charge in [-0.05, 0) is 23.8 Å². The Morgan fingerprint density at radius 1 is 1.27 bits per heavy atom. The zero-order chi connectivity index (χ0) is 10.7. The summed E-state index contributed by atoms with van der Waals surface area (Å²) in [4.78, 5) is 8.28. The van der Waals surface area contributed by atoms with E-state index in [0.717, 1.165) is 16.8 Å². The molecule has 0 unspecified atom stereocenters. The van der Waals surface area contributed by atoms with Crippen molar-refractivity contribution in [2.75, 3.05) is 0 Å². The van der Waals surface area contributed by atoms with Crippen molar-refractivity contribution in [1.82, 2.24) is 9.97 Å². The Labute approximate surface area is 97.9 Å². The van der Waals surface area contributed by atoms with Crippen LogP contribution < -0.4 is 0 Å². The molecule has 0 N–H and O–H groups in total. The fourth-order valence-electron chi connectivity index (χ4n) is 1.27. The fourth-order valence-corrected chi connectivity index (χ4v) is 1.71. The van der Waals surface area contributed by atoms with Crippen molar-refractivity contribution >= 4 is 23.2 Å². The minimum atomic E-state index is 0.417. The summed E-state index contributed by atoms with van der Waals surface area (Å²) in [5, 5.41) is 0.598. The SMILES string of the molecule is ClCc1cnc(-c2cccnc2)c(Cl)c1. The third-order valence-electron chi connectivity index (χ3n) is 1.99. The standard InChI is InChI=1S/C11H8Cl2N2/c12-5-8-4-10(13)11(15-6-8)9-2-1-3-14-7-9/h1-4,6-7H,5H2. The van der Waals surface area contributed by atoms with Gasteiger partial charge in [-0.15, -0.1) is 11.6 Å². The Morgan fingerprint density at radius 2 is 2.13 bits per heavy atom. The van der Waals surface area contributed by atoms with Crippen LogP contribution in [0.5, 0.6) is 0 Å². The summed E-state index contributed by atoms with van der Waals surface area (Å²) in [6, 6.07) is 5.59. The van der Waals surface area contributed by atoms with E-state index in [9.17, 15) is 0 Å². The van der Waals surface area contributed by atoms with Crippen LogP contribution in [0.1, 0.15) is 5.56 Å². The first-order valence-corrected chi connectivity index (χ1v) is 5.33. The summed E-state index contributed by atoms with van der Waals surface area (Å²) in [7, 11) is 0. The Morgan fingerprint density at radius 3 is 2.73 bits per heavy atom. The normalized spacial score (nSPS) is 10.3. The molecular formula is C11H8Cl2N2. The summed E-state index contributed by atoms with van der Waals surface area (Å²) in [6.07, 6.45) is 5.17. The second-order valence-electron chi connectivity index (χ2n) is 3.05. The van der Waals surface area contributed by atoms with Crippen molar-refractivity contribution in [1.29, 1.82) is 0 Å². The lowest BCUT2D eigenvalue weighted by Crippen LogP contribution is -1.88. The maximum Gasteiger partial charge on any atom is 0.0903 e. The highest BCUT2D eigenvalue weighted by Crippen LogP contribution is 2.25. The topological polar surface area (TPSA) is 25.8 Å². The molecule has 0 aliphatic heterocycles. The van der Waals surface area contributed by atoms with E-state index >= 15 is 0 Å². The van der Waals surface area contributed by atoms with E-state index in [1.807, 2.05) is 18.2 Å². The van der Waals surface area contributed by atoms with E-state index in [4.69, 9.17) is 23.2 Å². The molecule has 0 aromatic carbocycles. The van der Waals surface area contributed by atoms with E-state index in [1.54, 1.807) is 18.6 Å². The van der Waals surface area contributed by atoms with Gasteiger partial charge in [0.2, 0.25) is 0 Å². The van der Waals surface area contributed by atoms with Gasteiger partial charge in [0.25, 0.3) is 0 Å². The van der Waals surface area contributed by atoms with Crippen LogP contribution in [0.25, 0.3) is 11.3 Å². The van der Waals surface area contributed by atoms with Crippen molar-refractivity contribution < 1.29 is 0 Å². The minimum Gasteiger partial charge on any atom is -0.264 e. The Kier molecular flexibility index (Phi) is 3.19. The third kappa shape index (κ3) is 2.28. The van der Waals surface area contributed by atoms with Gasteiger partial charge in [-0.1, -0.05) is 11.6 Å². The summed E-state index contributed by atoms with van der Waals surface area (Å²) >= 11 is 11.8. The fraction of sp³-hybridized carbons (Fsp3) is 0.0909. The van der Waals surface area contributed by atoms with Crippen molar-refractivity contribution in [2.45, 2.75) is 5.88 Å². The Bertz CT molecular complexity index is 457. The molecule has 0 saturated carbocycles. The maximum atomic E-state index is 6.09. The van der Waals surface area contributed by atoms with E-state index in [0.29, 0.717) is 10.9 Å². The number of halogens is 2. The first-order valence-electron chi connectivity index (χ1n) is 4.42. The smallest absolute Gasteiger partial charge is 0.0903 e. The molecule has 2 nitrogen and oxygen atoms in total. The summed E-state index contributed by atoms with van der Waals surface area (Å²) < 4.78 is 0. The number of hydrogen-bond acceptors (Lipinski definition) is 2. The van der Waals surface area contributed by atoms with Gasteiger partial charge in [-0.2, -0.15) is 0 Å². The summed E-state index contributed by atoms with van der Waals surface area (Å²) in [5.74, 6) is 0.417. The second kappa shape index (κ2) is 4.60. The monoisotopic (exact) mass is 238 g/mol. The van der Waals surface area contributed by atoms with Gasteiger partial charge in [0.05, 0.1) is 10.7 Å². The lowest BCUT2D eigenvalue weighted by molar-refractivity contribution is 1.23. The van der Waals surface area contributed by atoms with Crippen LogP contribution in [0.15, 0.2) is 36.8 Å². The number of pyridine rings is 2. The van der Waals surface area contributed by atoms with Crippen molar-refractivity contribution in [3.05, 3.63) is 47.4 Å². The quantitative estimate of drug-likeness (QED) is 0.749. The molecular weight excluding hydrogens is 231 g/mol. The average Bonchev–Trinajstić information content (AvgIpc) is 2.30. The molecule has 2 aromatic heterocycles. The average molecular weight is 239 g/mol. The molecule has 0 saturated heterocycles. The van der Waals surface area contributed by atoms with Gasteiger partial charge in [-0.3, -0.25) is 9.97 Å². The van der Waals surface area contributed by atoms with E-state index in [-0.39, 0.29) is 0 Å². The molecule has 2 aromatic rings. The molecule has 2 heterocycles. The molecule has 0 aliphatic carbocycles. The number of nitrogens with zero attached hydrogens (tertiary/aromatic N) is 2. The Balaban J connectivity index is 2.46. The van der Waals surface area contributed by atoms with E-state index < -0.39 is 0 Å². The molecule has 0 spiro atoms. The van der Waals surface area contributed by atoms with Crippen molar-refractivity contribution in [3.8, 4) is 11.3 Å². The molecule has 0 atom stereocenters. The molecule has 76 valence electrons. The van der Waals surface area contributed by atoms with Crippen LogP contribution in [0, 0.1) is 0 Å². The zero-order valence-electron chi connectivity index (χ0n) is 7.82. The first-order chi connectivity index (χ1) is 7.31. The summed E-state index contributed by atoms with van der Waals surface area (Å²) in [5.41, 5.74) is 2.55. The highest BCUT2D eigenvalue weighted by molar-refractivity contribution is 6.33. The van der Waals surface area contributed by atoms with Crippen LogP contribution >= 0.6 is 23.2 Å². The Hall–Kier alpha value is -1.12. The minimum absolute atomic E-state index is 0.417. The van der Waals surface area contributed by atoms with E-state index in [2.05, 4.69) is 9.97 Å². The largest absolute Gasteiger partial charge is 0.264 e. The zero-order valence-corrected chi connectivity index (χ0v) is 9.33. The number of hydrogen-bond donors (Lipinski definition) is 0. The molecule has 0 bridgehead atoms. The number of rotatable bonds is 2. The highest BCUT2D eigenvalue weighted by atomic mass is 35.5. The number of alkyl halides is 1. The van der Waals surface area contributed by atoms with Crippen LogP contribution in [0.2, 0.25) is 5.02 Å². The van der Waals surface area contributed by atoms with Gasteiger partial charge in [0.15, 0.2) is 0 Å². The van der Waals surface area contributed by atoms with Gasteiger partial charge < -0.3 is 0 Å². The predicted molar refractivity (Wildman–Crippen MR) is 62.0 cm³/mol. The molecule has 0 aliphatic rings. The molecule has 4 heteroatoms. The van der Waals surface area contributed by atoms with Crippen LogP contribution in [0.3, 0.4) is 0 Å². The molecule has 0 amide bonds. The lowest BCUT2D eigenvalue weighted by Gasteiger charge is -2.03. The van der Waals surface area contributed by atoms with Crippen molar-refractivity contribution in [3.63, 3.8) is 0 Å². The third-order valence-corrected chi connectivity index (χ3v) is 2.58. The lowest BCUT2D eigenvalue weighted by atomic mass is 10.2.